The Morgan fingerprint density at radius 1 is 1.06 bits per heavy atom. The molecular formula is C25H30N2O5S. The summed E-state index contributed by atoms with van der Waals surface area (Å²) in [5.41, 5.74) is 0.920. The van der Waals surface area contributed by atoms with E-state index in [1.807, 2.05) is 38.1 Å². The molecule has 0 radical (unpaired) electrons. The summed E-state index contributed by atoms with van der Waals surface area (Å²) in [6.45, 7) is 4.24. The molecule has 1 unspecified atom stereocenters. The molecule has 1 saturated heterocycles. The lowest BCUT2D eigenvalue weighted by Crippen LogP contribution is -2.41. The van der Waals surface area contributed by atoms with Crippen LogP contribution in [-0.2, 0) is 31.6 Å². The molecule has 33 heavy (non-hydrogen) atoms. The van der Waals surface area contributed by atoms with Crippen molar-refractivity contribution < 1.29 is 22.7 Å². The zero-order valence-corrected chi connectivity index (χ0v) is 19.8. The Balaban J connectivity index is 1.42. The maximum Gasteiger partial charge on any atom is 0.241 e. The van der Waals surface area contributed by atoms with Crippen LogP contribution in [0.4, 0.5) is 0 Å². The van der Waals surface area contributed by atoms with Crippen LogP contribution in [0.15, 0.2) is 53.4 Å². The van der Waals surface area contributed by atoms with Crippen molar-refractivity contribution in [2.24, 2.45) is 11.8 Å². The van der Waals surface area contributed by atoms with Crippen molar-refractivity contribution in [2.75, 3.05) is 6.61 Å². The van der Waals surface area contributed by atoms with Gasteiger partial charge in [0.2, 0.25) is 21.8 Å². The largest absolute Gasteiger partial charge is 0.493 e. The molecule has 2 aromatic carbocycles. The zero-order valence-electron chi connectivity index (χ0n) is 19.0. The van der Waals surface area contributed by atoms with E-state index in [0.29, 0.717) is 37.5 Å². The van der Waals surface area contributed by atoms with Crippen molar-refractivity contribution >= 4 is 21.8 Å². The third-order valence-corrected chi connectivity index (χ3v) is 7.85. The van der Waals surface area contributed by atoms with Crippen LogP contribution in [0, 0.1) is 11.8 Å². The summed E-state index contributed by atoms with van der Waals surface area (Å²) in [5.74, 6) is 0.461. The van der Waals surface area contributed by atoms with Crippen LogP contribution < -0.4 is 14.8 Å². The first-order valence-corrected chi connectivity index (χ1v) is 12.8. The Labute approximate surface area is 195 Å². The first kappa shape index (κ1) is 23.4. The number of sulfonamides is 1. The summed E-state index contributed by atoms with van der Waals surface area (Å²) in [4.78, 5) is 23.5. The highest BCUT2D eigenvalue weighted by molar-refractivity contribution is 7.89. The first-order chi connectivity index (χ1) is 15.6. The van der Waals surface area contributed by atoms with Crippen molar-refractivity contribution in [3.63, 3.8) is 0 Å². The number of nitrogens with one attached hydrogen (secondary N) is 2. The molecule has 1 heterocycles. The van der Waals surface area contributed by atoms with Crippen LogP contribution in [0.25, 0.3) is 0 Å². The maximum atomic E-state index is 13.1. The number of carbonyl (C=O) groups is 2. The molecule has 0 bridgehead atoms. The summed E-state index contributed by atoms with van der Waals surface area (Å²) in [5, 5.41) is 2.38. The number of hydrogen-bond acceptors (Lipinski definition) is 5. The lowest BCUT2D eigenvalue weighted by molar-refractivity contribution is -0.136. The van der Waals surface area contributed by atoms with E-state index in [1.54, 1.807) is 24.3 Å². The Morgan fingerprint density at radius 2 is 1.79 bits per heavy atom. The highest BCUT2D eigenvalue weighted by Crippen LogP contribution is 2.30. The average Bonchev–Trinajstić information content (AvgIpc) is 3.59. The van der Waals surface area contributed by atoms with E-state index in [2.05, 4.69) is 10.0 Å². The molecule has 176 valence electrons. The molecule has 2 amide bonds. The molecule has 1 atom stereocenters. The van der Waals surface area contributed by atoms with E-state index >= 15 is 0 Å². The fourth-order valence-corrected chi connectivity index (χ4v) is 5.40. The normalized spacial score (nSPS) is 19.3. The smallest absolute Gasteiger partial charge is 0.241 e. The number of ether oxygens (including phenoxy) is 1. The first-order valence-electron chi connectivity index (χ1n) is 11.3. The Hall–Kier alpha value is -2.71. The van der Waals surface area contributed by atoms with Gasteiger partial charge in [-0.25, -0.2) is 13.1 Å². The minimum atomic E-state index is -3.77. The third kappa shape index (κ3) is 6.00. The molecule has 4 rings (SSSR count). The van der Waals surface area contributed by atoms with Gasteiger partial charge in [0, 0.05) is 18.4 Å². The lowest BCUT2D eigenvalue weighted by atomic mass is 9.89. The number of amides is 2. The van der Waals surface area contributed by atoms with Gasteiger partial charge < -0.3 is 4.74 Å². The minimum absolute atomic E-state index is 0.165. The van der Waals surface area contributed by atoms with Gasteiger partial charge in [-0.2, -0.15) is 0 Å². The summed E-state index contributed by atoms with van der Waals surface area (Å²) in [6.07, 6.45) is 3.77. The molecule has 0 aromatic heterocycles. The predicted molar refractivity (Wildman–Crippen MR) is 124 cm³/mol. The SMILES string of the molecule is CC(C)(NS(=O)(=O)c1cccc(OCC2CC2)c1)c1ccc(CC2CCC(=O)NC2=O)cc1. The Kier molecular flexibility index (Phi) is 6.59. The molecule has 2 aliphatic rings. The van der Waals surface area contributed by atoms with Crippen LogP contribution in [0.1, 0.15) is 50.7 Å². The Bertz CT molecular complexity index is 1140. The van der Waals surface area contributed by atoms with Gasteiger partial charge in [0.15, 0.2) is 0 Å². The predicted octanol–water partition coefficient (Wildman–Crippen LogP) is 3.28. The van der Waals surface area contributed by atoms with Crippen LogP contribution in [0.2, 0.25) is 0 Å². The second kappa shape index (κ2) is 9.27. The van der Waals surface area contributed by atoms with E-state index in [-0.39, 0.29) is 22.6 Å². The van der Waals surface area contributed by atoms with Crippen molar-refractivity contribution in [2.45, 2.75) is 56.4 Å². The number of imide groups is 1. The molecule has 1 saturated carbocycles. The van der Waals surface area contributed by atoms with Gasteiger partial charge in [-0.3, -0.25) is 14.9 Å². The third-order valence-electron chi connectivity index (χ3n) is 6.20. The van der Waals surface area contributed by atoms with Gasteiger partial charge in [0.1, 0.15) is 5.75 Å². The highest BCUT2D eigenvalue weighted by Gasteiger charge is 2.30. The van der Waals surface area contributed by atoms with E-state index in [9.17, 15) is 18.0 Å². The van der Waals surface area contributed by atoms with E-state index in [4.69, 9.17) is 4.74 Å². The van der Waals surface area contributed by atoms with E-state index < -0.39 is 15.6 Å². The lowest BCUT2D eigenvalue weighted by Gasteiger charge is -2.27. The number of piperidine rings is 1. The second-order valence-electron chi connectivity index (χ2n) is 9.51. The fraction of sp³-hybridized carbons (Fsp3) is 0.440. The van der Waals surface area contributed by atoms with E-state index in [0.717, 1.165) is 11.1 Å². The molecule has 7 nitrogen and oxygen atoms in total. The van der Waals surface area contributed by atoms with E-state index in [1.165, 1.54) is 12.8 Å². The summed E-state index contributed by atoms with van der Waals surface area (Å²) in [6, 6.07) is 14.1. The van der Waals surface area contributed by atoms with Crippen molar-refractivity contribution in [3.05, 3.63) is 59.7 Å². The van der Waals surface area contributed by atoms with Crippen LogP contribution in [-0.4, -0.2) is 26.8 Å². The number of rotatable bonds is 9. The second-order valence-corrected chi connectivity index (χ2v) is 11.2. The molecule has 2 fully saturated rings. The monoisotopic (exact) mass is 470 g/mol. The van der Waals surface area contributed by atoms with Crippen LogP contribution >= 0.6 is 0 Å². The summed E-state index contributed by atoms with van der Waals surface area (Å²) < 4.78 is 34.7. The molecular weight excluding hydrogens is 440 g/mol. The van der Waals surface area contributed by atoms with Crippen molar-refractivity contribution in [1.29, 1.82) is 0 Å². The van der Waals surface area contributed by atoms with Crippen LogP contribution in [0.3, 0.4) is 0 Å². The summed E-state index contributed by atoms with van der Waals surface area (Å²) >= 11 is 0. The van der Waals surface area contributed by atoms with Crippen molar-refractivity contribution in [1.82, 2.24) is 10.0 Å². The minimum Gasteiger partial charge on any atom is -0.493 e. The zero-order chi connectivity index (χ0) is 23.6. The van der Waals surface area contributed by atoms with Crippen molar-refractivity contribution in [3.8, 4) is 5.75 Å². The van der Waals surface area contributed by atoms with Gasteiger partial charge in [0.25, 0.3) is 0 Å². The maximum absolute atomic E-state index is 13.1. The van der Waals surface area contributed by atoms with Crippen LogP contribution in [0.5, 0.6) is 5.75 Å². The molecule has 0 spiro atoms. The standard InChI is InChI=1S/C25H30N2O5S/c1-25(2,20-11-8-17(9-12-20)14-19-10-13-23(28)26-24(19)29)27-33(30,31)22-5-3-4-21(15-22)32-16-18-6-7-18/h3-5,8-9,11-12,15,18-19,27H,6-7,10,13-14,16H2,1-2H3,(H,26,28,29). The molecule has 2 N–H and O–H groups in total. The number of benzene rings is 2. The van der Waals surface area contributed by atoms with Gasteiger partial charge in [-0.1, -0.05) is 30.3 Å². The Morgan fingerprint density at radius 3 is 2.45 bits per heavy atom. The number of carbonyl (C=O) groups excluding carboxylic acids is 2. The van der Waals surface area contributed by atoms with Gasteiger partial charge in [0.05, 0.1) is 17.0 Å². The molecule has 2 aromatic rings. The summed E-state index contributed by atoms with van der Waals surface area (Å²) in [7, 11) is -3.77. The average molecular weight is 471 g/mol. The quantitative estimate of drug-likeness (QED) is 0.548. The molecule has 1 aliphatic heterocycles. The molecule has 1 aliphatic carbocycles. The van der Waals surface area contributed by atoms with Gasteiger partial charge in [-0.05, 0) is 68.7 Å². The topological polar surface area (TPSA) is 102 Å². The number of hydrogen-bond donors (Lipinski definition) is 2. The fourth-order valence-electron chi connectivity index (χ4n) is 3.96. The highest BCUT2D eigenvalue weighted by atomic mass is 32.2. The van der Waals surface area contributed by atoms with Gasteiger partial charge >= 0.3 is 0 Å². The molecule has 8 heteroatoms. The van der Waals surface area contributed by atoms with Gasteiger partial charge in [-0.15, -0.1) is 0 Å².